The van der Waals surface area contributed by atoms with Crippen LogP contribution < -0.4 is 0 Å². The van der Waals surface area contributed by atoms with Gasteiger partial charge in [-0.15, -0.1) is 0 Å². The van der Waals surface area contributed by atoms with Crippen molar-refractivity contribution in [2.75, 3.05) is 0 Å². The zero-order valence-electron chi connectivity index (χ0n) is 22.0. The van der Waals surface area contributed by atoms with Crippen LogP contribution >= 0.6 is 0 Å². The summed E-state index contributed by atoms with van der Waals surface area (Å²) in [7, 11) is 0. The predicted octanol–water partition coefficient (Wildman–Crippen LogP) is 8.61. The van der Waals surface area contributed by atoms with Gasteiger partial charge in [0.15, 0.2) is 0 Å². The van der Waals surface area contributed by atoms with E-state index in [9.17, 15) is 14.4 Å². The maximum atomic E-state index is 10.3. The third-order valence-electron chi connectivity index (χ3n) is 6.03. The third-order valence-corrected chi connectivity index (χ3v) is 6.03. The molecule has 0 aliphatic heterocycles. The largest absolute Gasteiger partial charge is 0.481 e. The summed E-state index contributed by atoms with van der Waals surface area (Å²) >= 11 is 0. The molecule has 0 rings (SSSR count). The molecular weight excluding hydrogens is 432 g/mol. The summed E-state index contributed by atoms with van der Waals surface area (Å²) in [5.41, 5.74) is 0. The van der Waals surface area contributed by atoms with E-state index < -0.39 is 17.9 Å². The van der Waals surface area contributed by atoms with Crippen LogP contribution in [0.1, 0.15) is 161 Å². The molecule has 0 saturated heterocycles. The van der Waals surface area contributed by atoms with Crippen LogP contribution in [0.4, 0.5) is 0 Å². The average molecular weight is 487 g/mol. The number of unbranched alkanes of at least 4 members (excludes halogenated alkanes) is 19. The molecule has 0 aliphatic rings. The van der Waals surface area contributed by atoms with Gasteiger partial charge >= 0.3 is 17.9 Å². The van der Waals surface area contributed by atoms with Crippen molar-refractivity contribution >= 4 is 17.9 Å². The van der Waals surface area contributed by atoms with Crippen molar-refractivity contribution in [2.45, 2.75) is 161 Å². The van der Waals surface area contributed by atoms with Crippen molar-refractivity contribution in [3.63, 3.8) is 0 Å². The Morgan fingerprint density at radius 2 is 0.529 bits per heavy atom. The van der Waals surface area contributed by atoms with E-state index in [1.54, 1.807) is 0 Å². The monoisotopic (exact) mass is 486 g/mol. The molecule has 0 saturated carbocycles. The quantitative estimate of drug-likeness (QED) is 0.111. The molecule has 0 aliphatic carbocycles. The maximum Gasteiger partial charge on any atom is 0.303 e. The zero-order valence-corrected chi connectivity index (χ0v) is 22.0. The van der Waals surface area contributed by atoms with Gasteiger partial charge in [-0.2, -0.15) is 0 Å². The minimum atomic E-state index is -0.698. The Balaban J connectivity index is 0. The van der Waals surface area contributed by atoms with Crippen molar-refractivity contribution in [3.05, 3.63) is 0 Å². The second-order valence-corrected chi connectivity index (χ2v) is 9.50. The fourth-order valence-corrected chi connectivity index (χ4v) is 3.91. The first kappa shape index (κ1) is 34.6. The van der Waals surface area contributed by atoms with Gasteiger partial charge in [0.05, 0.1) is 0 Å². The standard InChI is InChI=1S/C14H26O4.C14H28O2/c15-13(16)11-9-7-5-3-1-2-4-6-8-10-12-14(17)18;1-2-3-4-5-6-7-8-9-10-11-12-13-14(15)16/h1-12H2,(H,15,16)(H,17,18);2-13H2,1H3,(H,15,16). The van der Waals surface area contributed by atoms with Gasteiger partial charge < -0.3 is 15.3 Å². The molecule has 0 fully saturated rings. The molecule has 0 heterocycles. The first-order valence-corrected chi connectivity index (χ1v) is 14.1. The van der Waals surface area contributed by atoms with Crippen LogP contribution in [0.5, 0.6) is 0 Å². The van der Waals surface area contributed by atoms with Crippen LogP contribution in [0.3, 0.4) is 0 Å². The first-order chi connectivity index (χ1) is 16.4. The normalized spacial score (nSPS) is 10.5. The van der Waals surface area contributed by atoms with E-state index in [0.29, 0.717) is 19.3 Å². The topological polar surface area (TPSA) is 112 Å². The summed E-state index contributed by atoms with van der Waals surface area (Å²) in [5.74, 6) is -2.05. The number of carboxylic acid groups (broad SMARTS) is 3. The fourth-order valence-electron chi connectivity index (χ4n) is 3.91. The number of aliphatic carboxylic acids is 3. The van der Waals surface area contributed by atoms with Gasteiger partial charge in [-0.3, -0.25) is 14.4 Å². The Bertz CT molecular complexity index is 440. The van der Waals surface area contributed by atoms with Crippen molar-refractivity contribution in [1.82, 2.24) is 0 Å². The van der Waals surface area contributed by atoms with Crippen molar-refractivity contribution in [3.8, 4) is 0 Å². The van der Waals surface area contributed by atoms with Gasteiger partial charge in [0.1, 0.15) is 0 Å². The van der Waals surface area contributed by atoms with Gasteiger partial charge in [0.25, 0.3) is 0 Å². The van der Waals surface area contributed by atoms with Crippen LogP contribution in [0, 0.1) is 0 Å². The van der Waals surface area contributed by atoms with Crippen molar-refractivity contribution < 1.29 is 29.7 Å². The first-order valence-electron chi connectivity index (χ1n) is 14.1. The van der Waals surface area contributed by atoms with Gasteiger partial charge in [0, 0.05) is 19.3 Å². The molecule has 0 unspecified atom stereocenters. The fraction of sp³-hybridized carbons (Fsp3) is 0.893. The number of carbonyl (C=O) groups is 3. The molecule has 0 bridgehead atoms. The van der Waals surface area contributed by atoms with Gasteiger partial charge in [-0.25, -0.2) is 0 Å². The van der Waals surface area contributed by atoms with E-state index in [2.05, 4.69) is 6.92 Å². The van der Waals surface area contributed by atoms with Crippen LogP contribution in [0.25, 0.3) is 0 Å². The molecule has 0 spiro atoms. The molecule has 0 atom stereocenters. The summed E-state index contributed by atoms with van der Waals surface area (Å²) in [4.78, 5) is 30.8. The van der Waals surface area contributed by atoms with Crippen LogP contribution in [0.15, 0.2) is 0 Å². The number of rotatable bonds is 25. The number of carboxylic acids is 3. The summed E-state index contributed by atoms with van der Waals surface area (Å²) in [6.45, 7) is 2.25. The Labute approximate surface area is 208 Å². The van der Waals surface area contributed by atoms with Gasteiger partial charge in [-0.05, 0) is 19.3 Å². The maximum absolute atomic E-state index is 10.3. The zero-order chi connectivity index (χ0) is 25.7. The number of hydrogen-bond acceptors (Lipinski definition) is 3. The summed E-state index contributed by atoms with van der Waals surface area (Å²) < 4.78 is 0. The van der Waals surface area contributed by atoms with Gasteiger partial charge in [0.2, 0.25) is 0 Å². The van der Waals surface area contributed by atoms with Crippen LogP contribution in [-0.2, 0) is 14.4 Å². The summed E-state index contributed by atoms with van der Waals surface area (Å²) in [6.07, 6.45) is 25.6. The minimum absolute atomic E-state index is 0.295. The molecule has 0 radical (unpaired) electrons. The van der Waals surface area contributed by atoms with E-state index in [1.165, 1.54) is 83.5 Å². The summed E-state index contributed by atoms with van der Waals surface area (Å²) in [5, 5.41) is 25.4. The van der Waals surface area contributed by atoms with Crippen molar-refractivity contribution in [2.24, 2.45) is 0 Å². The molecule has 3 N–H and O–H groups in total. The van der Waals surface area contributed by atoms with E-state index >= 15 is 0 Å². The highest BCUT2D eigenvalue weighted by molar-refractivity contribution is 5.67. The van der Waals surface area contributed by atoms with Gasteiger partial charge in [-0.1, -0.05) is 122 Å². The average Bonchev–Trinajstić information content (AvgIpc) is 2.78. The Hall–Kier alpha value is -1.59. The van der Waals surface area contributed by atoms with E-state index in [4.69, 9.17) is 15.3 Å². The van der Waals surface area contributed by atoms with E-state index in [0.717, 1.165) is 51.4 Å². The lowest BCUT2D eigenvalue weighted by Gasteiger charge is -2.01. The SMILES string of the molecule is CCCCCCCCCCCCCC(=O)O.O=C(O)CCCCCCCCCCCCC(=O)O. The second kappa shape index (κ2) is 29.4. The van der Waals surface area contributed by atoms with Crippen LogP contribution in [0.2, 0.25) is 0 Å². The summed E-state index contributed by atoms with van der Waals surface area (Å²) in [6, 6.07) is 0. The predicted molar refractivity (Wildman–Crippen MR) is 139 cm³/mol. The molecule has 0 aromatic carbocycles. The second-order valence-electron chi connectivity index (χ2n) is 9.50. The Kier molecular flexibility index (Phi) is 29.9. The molecule has 34 heavy (non-hydrogen) atoms. The molecular formula is C28H54O6. The Morgan fingerprint density at radius 3 is 0.706 bits per heavy atom. The third kappa shape index (κ3) is 37.7. The number of hydrogen-bond donors (Lipinski definition) is 3. The highest BCUT2D eigenvalue weighted by atomic mass is 16.4. The highest BCUT2D eigenvalue weighted by Gasteiger charge is 1.99. The van der Waals surface area contributed by atoms with E-state index in [-0.39, 0.29) is 0 Å². The lowest BCUT2D eigenvalue weighted by molar-refractivity contribution is -0.138. The minimum Gasteiger partial charge on any atom is -0.481 e. The van der Waals surface area contributed by atoms with Crippen molar-refractivity contribution in [1.29, 1.82) is 0 Å². The molecule has 202 valence electrons. The molecule has 0 aromatic heterocycles. The molecule has 6 heteroatoms. The smallest absolute Gasteiger partial charge is 0.303 e. The molecule has 0 aromatic rings. The Morgan fingerprint density at radius 1 is 0.353 bits per heavy atom. The van der Waals surface area contributed by atoms with Crippen LogP contribution in [-0.4, -0.2) is 33.2 Å². The molecule has 0 amide bonds. The highest BCUT2D eigenvalue weighted by Crippen LogP contribution is 2.13. The van der Waals surface area contributed by atoms with E-state index in [1.807, 2.05) is 0 Å². The molecule has 6 nitrogen and oxygen atoms in total. The lowest BCUT2D eigenvalue weighted by Crippen LogP contribution is -1.93. The lowest BCUT2D eigenvalue weighted by atomic mass is 10.1.